The molecule has 18 heavy (non-hydrogen) atoms. The van der Waals surface area contributed by atoms with Crippen molar-refractivity contribution in [1.82, 2.24) is 9.88 Å². The van der Waals surface area contributed by atoms with E-state index in [4.69, 9.17) is 0 Å². The van der Waals surface area contributed by atoms with Crippen LogP contribution in [-0.2, 0) is 6.54 Å². The number of hydrogen-bond donors (Lipinski definition) is 1. The summed E-state index contributed by atoms with van der Waals surface area (Å²) >= 11 is 0. The second kappa shape index (κ2) is 5.83. The molecule has 0 spiro atoms. The minimum Gasteiger partial charge on any atom is -0.373 e. The van der Waals surface area contributed by atoms with E-state index >= 15 is 0 Å². The highest BCUT2D eigenvalue weighted by Crippen LogP contribution is 2.21. The maximum Gasteiger partial charge on any atom is 0.130 e. The Morgan fingerprint density at radius 2 is 2.06 bits per heavy atom. The molecule has 0 atom stereocenters. The van der Waals surface area contributed by atoms with Crippen LogP contribution < -0.4 is 5.32 Å². The van der Waals surface area contributed by atoms with Crippen LogP contribution in [0.4, 0.5) is 5.82 Å². The maximum atomic E-state index is 4.67. The lowest BCUT2D eigenvalue weighted by Gasteiger charge is -2.18. The Labute approximate surface area is 109 Å². The van der Waals surface area contributed by atoms with Crippen LogP contribution in [0.15, 0.2) is 30.3 Å². The molecule has 0 aliphatic heterocycles. The van der Waals surface area contributed by atoms with Crippen LogP contribution in [-0.4, -0.2) is 30.5 Å². The molecule has 0 radical (unpaired) electrons. The van der Waals surface area contributed by atoms with Gasteiger partial charge in [-0.2, -0.15) is 0 Å². The zero-order valence-electron chi connectivity index (χ0n) is 11.4. The van der Waals surface area contributed by atoms with E-state index in [1.807, 2.05) is 13.1 Å². The molecule has 0 amide bonds. The zero-order chi connectivity index (χ0) is 13.0. The quantitative estimate of drug-likeness (QED) is 0.874. The summed E-state index contributed by atoms with van der Waals surface area (Å²) < 4.78 is 0. The summed E-state index contributed by atoms with van der Waals surface area (Å²) in [5.74, 6) is 0.983. The van der Waals surface area contributed by atoms with Crippen molar-refractivity contribution in [3.8, 4) is 0 Å². The van der Waals surface area contributed by atoms with Crippen molar-refractivity contribution in [2.45, 2.75) is 19.9 Å². The lowest BCUT2D eigenvalue weighted by molar-refractivity contribution is 0.328. The van der Waals surface area contributed by atoms with Gasteiger partial charge in [-0.15, -0.1) is 0 Å². The third-order valence-corrected chi connectivity index (χ3v) is 3.09. The zero-order valence-corrected chi connectivity index (χ0v) is 11.4. The number of hydrogen-bond acceptors (Lipinski definition) is 3. The van der Waals surface area contributed by atoms with E-state index in [9.17, 15) is 0 Å². The van der Waals surface area contributed by atoms with Crippen molar-refractivity contribution in [2.75, 3.05) is 26.0 Å². The number of aromatic nitrogens is 1. The first-order valence-electron chi connectivity index (χ1n) is 6.49. The van der Waals surface area contributed by atoms with Crippen LogP contribution in [0.25, 0.3) is 10.9 Å². The van der Waals surface area contributed by atoms with Gasteiger partial charge < -0.3 is 10.2 Å². The SMILES string of the molecule is CCCN(C)Cc1cc2ccccc2nc1NC. The van der Waals surface area contributed by atoms with Crippen molar-refractivity contribution in [2.24, 2.45) is 0 Å². The first-order chi connectivity index (χ1) is 8.74. The summed E-state index contributed by atoms with van der Waals surface area (Å²) in [6.07, 6.45) is 1.17. The number of nitrogens with zero attached hydrogens (tertiary/aromatic N) is 2. The molecule has 0 saturated carbocycles. The van der Waals surface area contributed by atoms with Crippen LogP contribution in [0, 0.1) is 0 Å². The first kappa shape index (κ1) is 12.8. The monoisotopic (exact) mass is 243 g/mol. The van der Waals surface area contributed by atoms with Gasteiger partial charge in [-0.25, -0.2) is 4.98 Å². The number of para-hydroxylation sites is 1. The minimum atomic E-state index is 0.932. The van der Waals surface area contributed by atoms with Gasteiger partial charge in [0.15, 0.2) is 0 Å². The summed E-state index contributed by atoms with van der Waals surface area (Å²) in [6.45, 7) is 4.24. The molecule has 1 heterocycles. The molecule has 0 bridgehead atoms. The highest BCUT2D eigenvalue weighted by atomic mass is 15.1. The van der Waals surface area contributed by atoms with Gasteiger partial charge in [0.2, 0.25) is 0 Å². The Kier molecular flexibility index (Phi) is 4.15. The van der Waals surface area contributed by atoms with Crippen LogP contribution >= 0.6 is 0 Å². The van der Waals surface area contributed by atoms with Crippen LogP contribution in [0.2, 0.25) is 0 Å². The molecule has 3 heteroatoms. The third-order valence-electron chi connectivity index (χ3n) is 3.09. The van der Waals surface area contributed by atoms with Gasteiger partial charge in [-0.1, -0.05) is 25.1 Å². The molecule has 96 valence electrons. The van der Waals surface area contributed by atoms with Gasteiger partial charge in [0.25, 0.3) is 0 Å². The number of pyridine rings is 1. The van der Waals surface area contributed by atoms with E-state index in [0.717, 1.165) is 24.4 Å². The van der Waals surface area contributed by atoms with E-state index in [0.29, 0.717) is 0 Å². The largest absolute Gasteiger partial charge is 0.373 e. The molecular formula is C15H21N3. The maximum absolute atomic E-state index is 4.67. The van der Waals surface area contributed by atoms with Crippen LogP contribution in [0.3, 0.4) is 0 Å². The van der Waals surface area contributed by atoms with Crippen LogP contribution in [0.1, 0.15) is 18.9 Å². The second-order valence-corrected chi connectivity index (χ2v) is 4.68. The smallest absolute Gasteiger partial charge is 0.130 e. The van der Waals surface area contributed by atoms with Crippen molar-refractivity contribution >= 4 is 16.7 Å². The van der Waals surface area contributed by atoms with Crippen molar-refractivity contribution in [3.05, 3.63) is 35.9 Å². The fourth-order valence-corrected chi connectivity index (χ4v) is 2.25. The Balaban J connectivity index is 2.35. The molecular weight excluding hydrogens is 222 g/mol. The summed E-state index contributed by atoms with van der Waals surface area (Å²) in [7, 11) is 4.08. The minimum absolute atomic E-state index is 0.932. The van der Waals surface area contributed by atoms with Gasteiger partial charge in [0.1, 0.15) is 5.82 Å². The molecule has 1 aromatic heterocycles. The average Bonchev–Trinajstić information content (AvgIpc) is 2.38. The summed E-state index contributed by atoms with van der Waals surface area (Å²) in [4.78, 5) is 7.00. The molecule has 3 nitrogen and oxygen atoms in total. The van der Waals surface area contributed by atoms with Gasteiger partial charge in [0, 0.05) is 24.5 Å². The van der Waals surface area contributed by atoms with Crippen molar-refractivity contribution in [1.29, 1.82) is 0 Å². The topological polar surface area (TPSA) is 28.2 Å². The van der Waals surface area contributed by atoms with E-state index in [1.54, 1.807) is 0 Å². The van der Waals surface area contributed by atoms with Crippen molar-refractivity contribution in [3.63, 3.8) is 0 Å². The fourth-order valence-electron chi connectivity index (χ4n) is 2.25. The predicted molar refractivity (Wildman–Crippen MR) is 77.9 cm³/mol. The number of nitrogens with one attached hydrogen (secondary N) is 1. The summed E-state index contributed by atoms with van der Waals surface area (Å²) in [6, 6.07) is 10.5. The molecule has 2 rings (SSSR count). The summed E-state index contributed by atoms with van der Waals surface area (Å²) in [5, 5.41) is 4.40. The number of rotatable bonds is 5. The molecule has 0 aliphatic carbocycles. The lowest BCUT2D eigenvalue weighted by atomic mass is 10.1. The molecule has 0 unspecified atom stereocenters. The van der Waals surface area contributed by atoms with Gasteiger partial charge in [-0.3, -0.25) is 0 Å². The highest BCUT2D eigenvalue weighted by Gasteiger charge is 2.07. The van der Waals surface area contributed by atoms with E-state index < -0.39 is 0 Å². The Hall–Kier alpha value is -1.61. The second-order valence-electron chi connectivity index (χ2n) is 4.68. The van der Waals surface area contributed by atoms with E-state index in [2.05, 4.69) is 53.4 Å². The molecule has 1 aromatic carbocycles. The molecule has 0 aliphatic rings. The number of benzene rings is 1. The molecule has 0 saturated heterocycles. The Morgan fingerprint density at radius 1 is 1.28 bits per heavy atom. The third kappa shape index (κ3) is 2.79. The van der Waals surface area contributed by atoms with E-state index in [-0.39, 0.29) is 0 Å². The lowest BCUT2D eigenvalue weighted by Crippen LogP contribution is -2.19. The van der Waals surface area contributed by atoms with Gasteiger partial charge in [0.05, 0.1) is 5.52 Å². The normalized spacial score (nSPS) is 11.1. The molecule has 1 N–H and O–H groups in total. The Bertz CT molecular complexity index is 522. The first-order valence-corrected chi connectivity index (χ1v) is 6.49. The van der Waals surface area contributed by atoms with Crippen LogP contribution in [0.5, 0.6) is 0 Å². The predicted octanol–water partition coefficient (Wildman–Crippen LogP) is 3.12. The summed E-state index contributed by atoms with van der Waals surface area (Å²) in [5.41, 5.74) is 2.30. The standard InChI is InChI=1S/C15H21N3/c1-4-9-18(3)11-13-10-12-7-5-6-8-14(12)17-15(13)16-2/h5-8,10H,4,9,11H2,1-3H3,(H,16,17). The average molecular weight is 243 g/mol. The van der Waals surface area contributed by atoms with E-state index in [1.165, 1.54) is 17.4 Å². The number of anilines is 1. The molecule has 2 aromatic rings. The fraction of sp³-hybridized carbons (Fsp3) is 0.400. The van der Waals surface area contributed by atoms with Crippen molar-refractivity contribution < 1.29 is 0 Å². The van der Waals surface area contributed by atoms with Gasteiger partial charge in [-0.05, 0) is 32.1 Å². The highest BCUT2D eigenvalue weighted by molar-refractivity contribution is 5.81. The Morgan fingerprint density at radius 3 is 2.78 bits per heavy atom. The molecule has 0 fully saturated rings. The van der Waals surface area contributed by atoms with Gasteiger partial charge >= 0.3 is 0 Å². The number of fused-ring (bicyclic) bond motifs is 1.